The van der Waals surface area contributed by atoms with Crippen LogP contribution in [0.4, 0.5) is 5.82 Å². The zero-order chi connectivity index (χ0) is 20.8. The molecule has 154 valence electrons. The summed E-state index contributed by atoms with van der Waals surface area (Å²) >= 11 is 0. The summed E-state index contributed by atoms with van der Waals surface area (Å²) in [6, 6.07) is 10.3. The number of hydrogen-bond acceptors (Lipinski definition) is 6. The van der Waals surface area contributed by atoms with Crippen LogP contribution < -0.4 is 4.90 Å². The average Bonchev–Trinajstić information content (AvgIpc) is 3.28. The van der Waals surface area contributed by atoms with Crippen LogP contribution in [0.2, 0.25) is 0 Å². The molecule has 0 saturated carbocycles. The molecule has 1 fully saturated rings. The van der Waals surface area contributed by atoms with Gasteiger partial charge in [0.25, 0.3) is 0 Å². The van der Waals surface area contributed by atoms with E-state index in [9.17, 15) is 0 Å². The monoisotopic (exact) mass is 402 g/mol. The van der Waals surface area contributed by atoms with Crippen molar-refractivity contribution in [2.45, 2.75) is 39.5 Å². The van der Waals surface area contributed by atoms with Crippen molar-refractivity contribution >= 4 is 16.9 Å². The van der Waals surface area contributed by atoms with Crippen LogP contribution >= 0.6 is 0 Å². The molecule has 1 aromatic carbocycles. The van der Waals surface area contributed by atoms with Crippen LogP contribution in [0.5, 0.6) is 0 Å². The number of benzene rings is 1. The quantitative estimate of drug-likeness (QED) is 0.511. The minimum Gasteiger partial charge on any atom is -0.355 e. The van der Waals surface area contributed by atoms with E-state index >= 15 is 0 Å². The lowest BCUT2D eigenvalue weighted by Crippen LogP contribution is -2.46. The zero-order valence-electron chi connectivity index (χ0n) is 17.9. The Labute approximate surface area is 175 Å². The lowest BCUT2D eigenvalue weighted by Gasteiger charge is -2.39. The second-order valence-corrected chi connectivity index (χ2v) is 7.81. The SMILES string of the molecule is CCc1nc(CC)n(-c2cc(N3CC(c4nc5ccccc5n4C)C3)nc(C)n2)n1. The molecule has 0 spiro atoms. The smallest absolute Gasteiger partial charge is 0.161 e. The van der Waals surface area contributed by atoms with Gasteiger partial charge in [0.15, 0.2) is 11.6 Å². The average molecular weight is 403 g/mol. The molecule has 0 atom stereocenters. The van der Waals surface area contributed by atoms with Gasteiger partial charge in [-0.2, -0.15) is 4.68 Å². The molecule has 4 aromatic rings. The maximum absolute atomic E-state index is 4.86. The summed E-state index contributed by atoms with van der Waals surface area (Å²) in [5.41, 5.74) is 2.23. The number of aromatic nitrogens is 7. The van der Waals surface area contributed by atoms with E-state index in [0.717, 1.165) is 66.4 Å². The Balaban J connectivity index is 1.41. The molecule has 0 bridgehead atoms. The largest absolute Gasteiger partial charge is 0.355 e. The Bertz CT molecular complexity index is 1220. The lowest BCUT2D eigenvalue weighted by molar-refractivity contribution is 0.485. The predicted molar refractivity (Wildman–Crippen MR) is 116 cm³/mol. The minimum atomic E-state index is 0.394. The van der Waals surface area contributed by atoms with E-state index < -0.39 is 0 Å². The molecule has 0 N–H and O–H groups in total. The molecule has 0 radical (unpaired) electrons. The van der Waals surface area contributed by atoms with Gasteiger partial charge < -0.3 is 9.47 Å². The van der Waals surface area contributed by atoms with E-state index in [1.165, 1.54) is 5.52 Å². The fourth-order valence-corrected chi connectivity index (χ4v) is 4.12. The number of anilines is 1. The molecular weight excluding hydrogens is 376 g/mol. The number of nitrogens with zero attached hydrogens (tertiary/aromatic N) is 8. The second kappa shape index (κ2) is 7.19. The Morgan fingerprint density at radius 2 is 1.73 bits per heavy atom. The Morgan fingerprint density at radius 3 is 2.47 bits per heavy atom. The van der Waals surface area contributed by atoms with Gasteiger partial charge in [-0.05, 0) is 19.1 Å². The van der Waals surface area contributed by atoms with Crippen LogP contribution in [0, 0.1) is 6.92 Å². The number of aryl methyl sites for hydroxylation is 4. The van der Waals surface area contributed by atoms with E-state index in [-0.39, 0.29) is 0 Å². The van der Waals surface area contributed by atoms with Gasteiger partial charge in [-0.15, -0.1) is 5.10 Å². The van der Waals surface area contributed by atoms with Gasteiger partial charge in [-0.25, -0.2) is 19.9 Å². The third kappa shape index (κ3) is 3.03. The van der Waals surface area contributed by atoms with Crippen molar-refractivity contribution in [1.29, 1.82) is 0 Å². The van der Waals surface area contributed by atoms with Crippen molar-refractivity contribution in [2.24, 2.45) is 7.05 Å². The first-order valence-corrected chi connectivity index (χ1v) is 10.5. The summed E-state index contributed by atoms with van der Waals surface area (Å²) in [6.45, 7) is 7.87. The Morgan fingerprint density at radius 1 is 0.967 bits per heavy atom. The first kappa shape index (κ1) is 18.7. The third-order valence-electron chi connectivity index (χ3n) is 5.77. The molecule has 1 aliphatic heterocycles. The maximum Gasteiger partial charge on any atom is 0.161 e. The molecule has 3 aromatic heterocycles. The van der Waals surface area contributed by atoms with E-state index in [4.69, 9.17) is 4.98 Å². The topological polar surface area (TPSA) is 77.5 Å². The molecule has 1 saturated heterocycles. The highest BCUT2D eigenvalue weighted by atomic mass is 15.4. The zero-order valence-corrected chi connectivity index (χ0v) is 17.9. The van der Waals surface area contributed by atoms with Crippen LogP contribution in [0.1, 0.15) is 43.1 Å². The summed E-state index contributed by atoms with van der Waals surface area (Å²) < 4.78 is 4.07. The van der Waals surface area contributed by atoms with Gasteiger partial charge in [-0.3, -0.25) is 0 Å². The van der Waals surface area contributed by atoms with Crippen molar-refractivity contribution in [3.8, 4) is 5.82 Å². The fraction of sp³-hybridized carbons (Fsp3) is 0.409. The molecule has 1 aliphatic rings. The van der Waals surface area contributed by atoms with E-state index in [0.29, 0.717) is 5.92 Å². The van der Waals surface area contributed by atoms with Crippen molar-refractivity contribution in [3.05, 3.63) is 53.6 Å². The second-order valence-electron chi connectivity index (χ2n) is 7.81. The first-order chi connectivity index (χ1) is 14.6. The molecule has 30 heavy (non-hydrogen) atoms. The van der Waals surface area contributed by atoms with Crippen LogP contribution in [-0.2, 0) is 19.9 Å². The molecule has 0 unspecified atom stereocenters. The molecule has 4 heterocycles. The van der Waals surface area contributed by atoms with E-state index in [2.05, 4.69) is 68.6 Å². The van der Waals surface area contributed by atoms with Crippen molar-refractivity contribution in [2.75, 3.05) is 18.0 Å². The third-order valence-corrected chi connectivity index (χ3v) is 5.77. The van der Waals surface area contributed by atoms with Gasteiger partial charge in [0.1, 0.15) is 23.3 Å². The van der Waals surface area contributed by atoms with Gasteiger partial charge in [0, 0.05) is 39.0 Å². The molecule has 5 rings (SSSR count). The summed E-state index contributed by atoms with van der Waals surface area (Å²) in [5, 5.41) is 4.64. The Hall–Kier alpha value is -3.29. The summed E-state index contributed by atoms with van der Waals surface area (Å²) in [7, 11) is 2.10. The molecule has 8 nitrogen and oxygen atoms in total. The van der Waals surface area contributed by atoms with Crippen molar-refractivity contribution in [3.63, 3.8) is 0 Å². The molecular formula is C22H26N8. The highest BCUT2D eigenvalue weighted by molar-refractivity contribution is 5.76. The minimum absolute atomic E-state index is 0.394. The summed E-state index contributed by atoms with van der Waals surface area (Å²) in [4.78, 5) is 21.1. The van der Waals surface area contributed by atoms with E-state index in [1.807, 2.05) is 23.7 Å². The van der Waals surface area contributed by atoms with Crippen molar-refractivity contribution < 1.29 is 0 Å². The number of imidazole rings is 1. The van der Waals surface area contributed by atoms with Crippen LogP contribution in [0.3, 0.4) is 0 Å². The van der Waals surface area contributed by atoms with E-state index in [1.54, 1.807) is 0 Å². The van der Waals surface area contributed by atoms with Gasteiger partial charge >= 0.3 is 0 Å². The lowest BCUT2D eigenvalue weighted by atomic mass is 9.99. The normalized spacial score (nSPS) is 14.5. The predicted octanol–water partition coefficient (Wildman–Crippen LogP) is 2.98. The van der Waals surface area contributed by atoms with Gasteiger partial charge in [-0.1, -0.05) is 26.0 Å². The van der Waals surface area contributed by atoms with Gasteiger partial charge in [0.2, 0.25) is 0 Å². The van der Waals surface area contributed by atoms with Crippen LogP contribution in [0.25, 0.3) is 16.9 Å². The number of fused-ring (bicyclic) bond motifs is 1. The number of rotatable bonds is 5. The standard InChI is InChI=1S/C22H26N8/c1-5-18-26-19(6-2)30(27-18)21-11-20(23-14(3)24-21)29-12-15(13-29)22-25-16-9-7-8-10-17(16)28(22)4/h7-11,15H,5-6,12-13H2,1-4H3. The van der Waals surface area contributed by atoms with Crippen LogP contribution in [-0.4, -0.2) is 47.4 Å². The Kier molecular flexibility index (Phi) is 4.49. The molecule has 0 aliphatic carbocycles. The highest BCUT2D eigenvalue weighted by Crippen LogP contribution is 2.32. The summed E-state index contributed by atoms with van der Waals surface area (Å²) in [5.74, 6) is 5.76. The maximum atomic E-state index is 4.86. The van der Waals surface area contributed by atoms with Crippen molar-refractivity contribution in [1.82, 2.24) is 34.3 Å². The van der Waals surface area contributed by atoms with Gasteiger partial charge in [0.05, 0.1) is 17.0 Å². The first-order valence-electron chi connectivity index (χ1n) is 10.5. The number of para-hydroxylation sites is 2. The fourth-order valence-electron chi connectivity index (χ4n) is 4.12. The highest BCUT2D eigenvalue weighted by Gasteiger charge is 2.33. The molecule has 0 amide bonds. The number of hydrogen-bond donors (Lipinski definition) is 0. The molecule has 8 heteroatoms. The van der Waals surface area contributed by atoms with Crippen LogP contribution in [0.15, 0.2) is 30.3 Å². The summed E-state index contributed by atoms with van der Waals surface area (Å²) in [6.07, 6.45) is 1.62.